The van der Waals surface area contributed by atoms with Crippen LogP contribution in [0.2, 0.25) is 5.02 Å². The molecule has 1 saturated carbocycles. The summed E-state index contributed by atoms with van der Waals surface area (Å²) < 4.78 is 0.818. The van der Waals surface area contributed by atoms with Gasteiger partial charge in [-0.25, -0.2) is 4.98 Å². The molecule has 1 heterocycles. The van der Waals surface area contributed by atoms with E-state index in [9.17, 15) is 5.11 Å². The molecule has 0 radical (unpaired) electrons. The van der Waals surface area contributed by atoms with Gasteiger partial charge < -0.3 is 10.4 Å². The number of hydrogen-bond acceptors (Lipinski definition) is 3. The van der Waals surface area contributed by atoms with Crippen molar-refractivity contribution >= 4 is 33.3 Å². The Morgan fingerprint density at radius 3 is 2.87 bits per heavy atom. The molecule has 3 nitrogen and oxygen atoms in total. The summed E-state index contributed by atoms with van der Waals surface area (Å²) in [6.07, 6.45) is 4.42. The van der Waals surface area contributed by atoms with E-state index in [1.807, 2.05) is 0 Å². The average molecular weight is 292 g/mol. The topological polar surface area (TPSA) is 45.1 Å². The molecule has 0 amide bonds. The number of aliphatic hydroxyl groups is 1. The summed E-state index contributed by atoms with van der Waals surface area (Å²) in [6, 6.07) is 1.78. The number of hydrogen-bond donors (Lipinski definition) is 2. The maximum absolute atomic E-state index is 9.89. The van der Waals surface area contributed by atoms with E-state index in [2.05, 4.69) is 26.2 Å². The molecular weight excluding hydrogens is 279 g/mol. The summed E-state index contributed by atoms with van der Waals surface area (Å²) in [4.78, 5) is 4.14. The van der Waals surface area contributed by atoms with Gasteiger partial charge >= 0.3 is 0 Å². The van der Waals surface area contributed by atoms with Gasteiger partial charge in [0.1, 0.15) is 5.82 Å². The maximum Gasteiger partial charge on any atom is 0.140 e. The van der Waals surface area contributed by atoms with E-state index in [0.29, 0.717) is 11.6 Å². The predicted octanol–water partition coefficient (Wildman–Crippen LogP) is 2.82. The van der Waals surface area contributed by atoms with E-state index < -0.39 is 5.60 Å². The van der Waals surface area contributed by atoms with E-state index in [4.69, 9.17) is 11.6 Å². The lowest BCUT2D eigenvalue weighted by Crippen LogP contribution is -2.43. The third-order valence-corrected chi connectivity index (χ3v) is 3.49. The van der Waals surface area contributed by atoms with Crippen molar-refractivity contribution in [1.29, 1.82) is 0 Å². The number of anilines is 1. The molecule has 0 aromatic carbocycles. The first-order chi connectivity index (χ1) is 7.09. The zero-order chi connectivity index (χ0) is 10.9. The zero-order valence-corrected chi connectivity index (χ0v) is 10.5. The van der Waals surface area contributed by atoms with Gasteiger partial charge in [0.05, 0.1) is 15.1 Å². The summed E-state index contributed by atoms with van der Waals surface area (Å²) in [7, 11) is 0. The molecule has 5 heteroatoms. The average Bonchev–Trinajstić information content (AvgIpc) is 2.14. The Hall–Kier alpha value is -0.320. The lowest BCUT2D eigenvalue weighted by Gasteiger charge is -2.36. The summed E-state index contributed by atoms with van der Waals surface area (Å²) in [5, 5.41) is 13.6. The largest absolute Gasteiger partial charge is 0.388 e. The number of aromatic nitrogens is 1. The standard InChI is InChI=1S/C10H12BrClN2O/c11-8-4-7(12)5-13-9(8)14-6-10(15)2-1-3-10/h4-5,15H,1-3,6H2,(H,13,14). The van der Waals surface area contributed by atoms with Gasteiger partial charge in [-0.05, 0) is 41.3 Å². The molecule has 1 fully saturated rings. The fourth-order valence-electron chi connectivity index (χ4n) is 1.55. The van der Waals surface area contributed by atoms with Crippen LogP contribution in [0.1, 0.15) is 19.3 Å². The molecule has 0 unspecified atom stereocenters. The zero-order valence-electron chi connectivity index (χ0n) is 8.13. The lowest BCUT2D eigenvalue weighted by atomic mass is 9.80. The normalized spacial score (nSPS) is 18.3. The first-order valence-corrected chi connectivity index (χ1v) is 6.03. The maximum atomic E-state index is 9.89. The second-order valence-corrected chi connectivity index (χ2v) is 5.21. The number of nitrogens with zero attached hydrogens (tertiary/aromatic N) is 1. The van der Waals surface area contributed by atoms with Gasteiger partial charge in [-0.3, -0.25) is 0 Å². The highest BCUT2D eigenvalue weighted by molar-refractivity contribution is 9.10. The quantitative estimate of drug-likeness (QED) is 0.900. The molecule has 1 aromatic heterocycles. The van der Waals surface area contributed by atoms with Gasteiger partial charge in [0, 0.05) is 12.7 Å². The molecule has 2 N–H and O–H groups in total. The van der Waals surface area contributed by atoms with E-state index in [-0.39, 0.29) is 0 Å². The summed E-state index contributed by atoms with van der Waals surface area (Å²) >= 11 is 9.14. The first-order valence-electron chi connectivity index (χ1n) is 4.86. The van der Waals surface area contributed by atoms with E-state index >= 15 is 0 Å². The number of halogens is 2. The minimum absolute atomic E-state index is 0.541. The molecule has 1 aliphatic rings. The van der Waals surface area contributed by atoms with Crippen molar-refractivity contribution < 1.29 is 5.11 Å². The predicted molar refractivity (Wildman–Crippen MR) is 64.2 cm³/mol. The Labute approximate surface area is 102 Å². The Balaban J connectivity index is 1.98. The van der Waals surface area contributed by atoms with Gasteiger partial charge in [0.15, 0.2) is 0 Å². The van der Waals surface area contributed by atoms with Crippen LogP contribution >= 0.6 is 27.5 Å². The van der Waals surface area contributed by atoms with Crippen LogP contribution in [0, 0.1) is 0 Å². The highest BCUT2D eigenvalue weighted by Gasteiger charge is 2.34. The molecule has 82 valence electrons. The Kier molecular flexibility index (Phi) is 3.19. The fourth-order valence-corrected chi connectivity index (χ4v) is 2.33. The van der Waals surface area contributed by atoms with E-state index in [1.54, 1.807) is 12.3 Å². The third-order valence-electron chi connectivity index (χ3n) is 2.68. The minimum atomic E-state index is -0.541. The first kappa shape index (κ1) is 11.2. The van der Waals surface area contributed by atoms with Gasteiger partial charge in [0.2, 0.25) is 0 Å². The van der Waals surface area contributed by atoms with Gasteiger partial charge in [-0.1, -0.05) is 11.6 Å². The van der Waals surface area contributed by atoms with E-state index in [0.717, 1.165) is 29.6 Å². The van der Waals surface area contributed by atoms with Crippen LogP contribution in [-0.2, 0) is 0 Å². The molecule has 0 spiro atoms. The molecule has 2 rings (SSSR count). The SMILES string of the molecule is OC1(CNc2ncc(Cl)cc2Br)CCC1. The van der Waals surface area contributed by atoms with Gasteiger partial charge in [0.25, 0.3) is 0 Å². The summed E-state index contributed by atoms with van der Waals surface area (Å²) in [5.41, 5.74) is -0.541. The molecule has 1 aliphatic carbocycles. The molecule has 0 atom stereocenters. The van der Waals surface area contributed by atoms with Crippen molar-refractivity contribution in [1.82, 2.24) is 4.98 Å². The summed E-state index contributed by atoms with van der Waals surface area (Å²) in [5.74, 6) is 0.722. The van der Waals surface area contributed by atoms with Crippen LogP contribution in [0.5, 0.6) is 0 Å². The fraction of sp³-hybridized carbons (Fsp3) is 0.500. The van der Waals surface area contributed by atoms with Crippen LogP contribution in [0.15, 0.2) is 16.7 Å². The van der Waals surface area contributed by atoms with Crippen molar-refractivity contribution in [3.8, 4) is 0 Å². The molecule has 15 heavy (non-hydrogen) atoms. The second-order valence-electron chi connectivity index (χ2n) is 3.92. The second kappa shape index (κ2) is 4.28. The van der Waals surface area contributed by atoms with Crippen LogP contribution in [-0.4, -0.2) is 22.2 Å². The smallest absolute Gasteiger partial charge is 0.140 e. The third kappa shape index (κ3) is 2.62. The molecule has 1 aromatic rings. The van der Waals surface area contributed by atoms with Crippen molar-refractivity contribution in [2.75, 3.05) is 11.9 Å². The van der Waals surface area contributed by atoms with Crippen molar-refractivity contribution in [2.45, 2.75) is 24.9 Å². The lowest BCUT2D eigenvalue weighted by molar-refractivity contribution is -0.0202. The van der Waals surface area contributed by atoms with E-state index in [1.165, 1.54) is 0 Å². The highest BCUT2D eigenvalue weighted by atomic mass is 79.9. The molecule has 0 aliphatic heterocycles. The number of rotatable bonds is 3. The Morgan fingerprint density at radius 1 is 1.60 bits per heavy atom. The Morgan fingerprint density at radius 2 is 2.33 bits per heavy atom. The van der Waals surface area contributed by atoms with Crippen LogP contribution < -0.4 is 5.32 Å². The summed E-state index contributed by atoms with van der Waals surface area (Å²) in [6.45, 7) is 0.542. The number of pyridine rings is 1. The van der Waals surface area contributed by atoms with Crippen LogP contribution in [0.4, 0.5) is 5.82 Å². The van der Waals surface area contributed by atoms with Gasteiger partial charge in [-0.2, -0.15) is 0 Å². The molecule has 0 saturated heterocycles. The minimum Gasteiger partial charge on any atom is -0.388 e. The monoisotopic (exact) mass is 290 g/mol. The van der Waals surface area contributed by atoms with Crippen molar-refractivity contribution in [3.05, 3.63) is 21.8 Å². The van der Waals surface area contributed by atoms with Crippen molar-refractivity contribution in [3.63, 3.8) is 0 Å². The Bertz CT molecular complexity index is 368. The highest BCUT2D eigenvalue weighted by Crippen LogP contribution is 2.32. The van der Waals surface area contributed by atoms with Crippen LogP contribution in [0.3, 0.4) is 0 Å². The van der Waals surface area contributed by atoms with Gasteiger partial charge in [-0.15, -0.1) is 0 Å². The molecule has 0 bridgehead atoms. The van der Waals surface area contributed by atoms with Crippen molar-refractivity contribution in [2.24, 2.45) is 0 Å². The van der Waals surface area contributed by atoms with Crippen LogP contribution in [0.25, 0.3) is 0 Å². The molecular formula is C10H12BrClN2O. The number of nitrogens with one attached hydrogen (secondary N) is 1.